The van der Waals surface area contributed by atoms with Crippen LogP contribution in [0, 0.1) is 13.8 Å². The second-order valence-corrected chi connectivity index (χ2v) is 8.06. The largest absolute Gasteiger partial charge is 0.382 e. The van der Waals surface area contributed by atoms with Gasteiger partial charge < -0.3 is 19.0 Å². The van der Waals surface area contributed by atoms with Crippen molar-refractivity contribution in [1.29, 1.82) is 0 Å². The number of amides is 1. The first-order valence-corrected chi connectivity index (χ1v) is 10.7. The summed E-state index contributed by atoms with van der Waals surface area (Å²) in [6.45, 7) is 5.61. The molecule has 0 heterocycles. The number of hydrogen-bond donors (Lipinski definition) is 1. The Labute approximate surface area is 172 Å². The van der Waals surface area contributed by atoms with Crippen molar-refractivity contribution in [3.05, 3.63) is 59.2 Å². The maximum atomic E-state index is 12.5. The van der Waals surface area contributed by atoms with Crippen molar-refractivity contribution >= 4 is 16.0 Å². The van der Waals surface area contributed by atoms with Crippen molar-refractivity contribution in [3.8, 4) is 5.75 Å². The third kappa shape index (κ3) is 7.16. The molecule has 0 saturated heterocycles. The molecule has 0 saturated carbocycles. The van der Waals surface area contributed by atoms with Gasteiger partial charge in [0.2, 0.25) is 0 Å². The lowest BCUT2D eigenvalue weighted by Crippen LogP contribution is -2.25. The molecule has 0 spiro atoms. The first-order valence-electron chi connectivity index (χ1n) is 9.30. The lowest BCUT2D eigenvalue weighted by Gasteiger charge is -2.11. The highest BCUT2D eigenvalue weighted by Crippen LogP contribution is 2.22. The van der Waals surface area contributed by atoms with Crippen LogP contribution in [0.2, 0.25) is 0 Å². The van der Waals surface area contributed by atoms with Crippen molar-refractivity contribution in [3.63, 3.8) is 0 Å². The summed E-state index contributed by atoms with van der Waals surface area (Å²) in [6, 6.07) is 11.1. The molecule has 1 amide bonds. The molecule has 0 bridgehead atoms. The van der Waals surface area contributed by atoms with Gasteiger partial charge in [0.1, 0.15) is 10.6 Å². The smallest absolute Gasteiger partial charge is 0.339 e. The minimum Gasteiger partial charge on any atom is -0.382 e. The molecular weight excluding hydrogens is 394 g/mol. The van der Waals surface area contributed by atoms with Gasteiger partial charge in [-0.1, -0.05) is 12.1 Å². The van der Waals surface area contributed by atoms with Crippen molar-refractivity contribution in [1.82, 2.24) is 5.32 Å². The molecule has 0 aliphatic rings. The Balaban J connectivity index is 1.89. The fraction of sp³-hybridized carbons (Fsp3) is 0.381. The topological polar surface area (TPSA) is 90.9 Å². The summed E-state index contributed by atoms with van der Waals surface area (Å²) in [4.78, 5) is 12.3. The monoisotopic (exact) mass is 421 g/mol. The van der Waals surface area contributed by atoms with Gasteiger partial charge in [0, 0.05) is 25.8 Å². The van der Waals surface area contributed by atoms with E-state index in [1.807, 2.05) is 13.0 Å². The average Bonchev–Trinajstić information content (AvgIpc) is 2.69. The molecule has 158 valence electrons. The summed E-state index contributed by atoms with van der Waals surface area (Å²) in [5.41, 5.74) is 1.86. The van der Waals surface area contributed by atoms with Gasteiger partial charge in [-0.25, -0.2) is 0 Å². The van der Waals surface area contributed by atoms with Gasteiger partial charge in [-0.05, 0) is 61.7 Å². The number of aryl methyl sites for hydroxylation is 2. The molecular formula is C21H27NO6S. The molecule has 0 fully saturated rings. The van der Waals surface area contributed by atoms with Crippen LogP contribution in [0.1, 0.15) is 27.9 Å². The number of methoxy groups -OCH3 is 1. The molecule has 2 aromatic rings. The van der Waals surface area contributed by atoms with Crippen molar-refractivity contribution < 1.29 is 26.9 Å². The molecule has 1 N–H and O–H groups in total. The minimum atomic E-state index is -3.95. The molecule has 8 heteroatoms. The lowest BCUT2D eigenvalue weighted by molar-refractivity contribution is 0.0688. The maximum Gasteiger partial charge on any atom is 0.339 e. The van der Waals surface area contributed by atoms with Crippen LogP contribution in [0.4, 0.5) is 0 Å². The van der Waals surface area contributed by atoms with E-state index in [0.29, 0.717) is 43.9 Å². The Morgan fingerprint density at radius 3 is 2.41 bits per heavy atom. The first-order chi connectivity index (χ1) is 13.8. The molecule has 7 nitrogen and oxygen atoms in total. The van der Waals surface area contributed by atoms with E-state index in [1.54, 1.807) is 26.2 Å². The molecule has 0 unspecified atom stereocenters. The SMILES string of the molecule is COCCOCCCNC(=O)c1ccc(OS(=O)(=O)c2cc(C)ccc2C)cc1. The Morgan fingerprint density at radius 1 is 1.00 bits per heavy atom. The van der Waals surface area contributed by atoms with Gasteiger partial charge in [-0.15, -0.1) is 0 Å². The van der Waals surface area contributed by atoms with E-state index in [2.05, 4.69) is 5.32 Å². The number of nitrogens with one attached hydrogen (secondary N) is 1. The first kappa shape index (κ1) is 22.9. The van der Waals surface area contributed by atoms with Crippen LogP contribution in [0.5, 0.6) is 5.75 Å². The molecule has 2 rings (SSSR count). The number of hydrogen-bond acceptors (Lipinski definition) is 6. The van der Waals surface area contributed by atoms with E-state index < -0.39 is 10.1 Å². The van der Waals surface area contributed by atoms with E-state index in [9.17, 15) is 13.2 Å². The quantitative estimate of drug-likeness (QED) is 0.443. The predicted octanol–water partition coefficient (Wildman–Crippen LogP) is 2.85. The van der Waals surface area contributed by atoms with E-state index >= 15 is 0 Å². The third-order valence-corrected chi connectivity index (χ3v) is 5.51. The summed E-state index contributed by atoms with van der Waals surface area (Å²) in [7, 11) is -2.34. The molecule has 2 aromatic carbocycles. The highest BCUT2D eigenvalue weighted by molar-refractivity contribution is 7.87. The van der Waals surface area contributed by atoms with E-state index in [0.717, 1.165) is 5.56 Å². The van der Waals surface area contributed by atoms with Crippen molar-refractivity contribution in [2.45, 2.75) is 25.2 Å². The second kappa shape index (κ2) is 10.9. The Bertz CT molecular complexity index is 909. The number of rotatable bonds is 11. The molecule has 0 aliphatic carbocycles. The van der Waals surface area contributed by atoms with Gasteiger partial charge in [0.05, 0.1) is 13.2 Å². The zero-order chi connectivity index (χ0) is 21.3. The van der Waals surface area contributed by atoms with Gasteiger partial charge >= 0.3 is 10.1 Å². The fourth-order valence-corrected chi connectivity index (χ4v) is 3.78. The zero-order valence-corrected chi connectivity index (χ0v) is 17.8. The zero-order valence-electron chi connectivity index (χ0n) is 16.9. The summed E-state index contributed by atoms with van der Waals surface area (Å²) in [5, 5.41) is 2.79. The summed E-state index contributed by atoms with van der Waals surface area (Å²) in [5.74, 6) is -0.0974. The lowest BCUT2D eigenvalue weighted by atomic mass is 10.2. The number of benzene rings is 2. The Morgan fingerprint density at radius 2 is 1.72 bits per heavy atom. The molecule has 0 aromatic heterocycles. The average molecular weight is 422 g/mol. The van der Waals surface area contributed by atoms with Gasteiger partial charge in [0.15, 0.2) is 0 Å². The highest BCUT2D eigenvalue weighted by atomic mass is 32.2. The maximum absolute atomic E-state index is 12.5. The van der Waals surface area contributed by atoms with E-state index in [4.69, 9.17) is 13.7 Å². The summed E-state index contributed by atoms with van der Waals surface area (Å²) in [6.07, 6.45) is 0.685. The van der Waals surface area contributed by atoms with Crippen molar-refractivity contribution in [2.75, 3.05) is 33.5 Å². The van der Waals surface area contributed by atoms with Gasteiger partial charge in [-0.2, -0.15) is 8.42 Å². The van der Waals surface area contributed by atoms with Crippen LogP contribution >= 0.6 is 0 Å². The fourth-order valence-electron chi connectivity index (χ4n) is 2.53. The Hall–Kier alpha value is -2.42. The number of carbonyl (C=O) groups is 1. The van der Waals surface area contributed by atoms with Crippen LogP contribution < -0.4 is 9.50 Å². The Kier molecular flexibility index (Phi) is 8.63. The molecule has 0 radical (unpaired) electrons. The van der Waals surface area contributed by atoms with Crippen molar-refractivity contribution in [2.24, 2.45) is 0 Å². The van der Waals surface area contributed by atoms with Crippen LogP contribution in [-0.2, 0) is 19.6 Å². The third-order valence-electron chi connectivity index (χ3n) is 4.12. The summed E-state index contributed by atoms with van der Waals surface area (Å²) < 4.78 is 40.5. The predicted molar refractivity (Wildman–Crippen MR) is 110 cm³/mol. The van der Waals surface area contributed by atoms with Crippen LogP contribution in [0.15, 0.2) is 47.4 Å². The van der Waals surface area contributed by atoms with E-state index in [-0.39, 0.29) is 16.6 Å². The van der Waals surface area contributed by atoms with Crippen LogP contribution in [0.25, 0.3) is 0 Å². The molecule has 0 atom stereocenters. The van der Waals surface area contributed by atoms with Crippen LogP contribution in [-0.4, -0.2) is 47.8 Å². The van der Waals surface area contributed by atoms with Crippen LogP contribution in [0.3, 0.4) is 0 Å². The number of ether oxygens (including phenoxy) is 2. The normalized spacial score (nSPS) is 11.3. The second-order valence-electron chi connectivity index (χ2n) is 6.55. The summed E-state index contributed by atoms with van der Waals surface area (Å²) >= 11 is 0. The van der Waals surface area contributed by atoms with Gasteiger partial charge in [-0.3, -0.25) is 4.79 Å². The molecule has 29 heavy (non-hydrogen) atoms. The number of carbonyl (C=O) groups excluding carboxylic acids is 1. The standard InChI is InChI=1S/C21H27NO6S/c1-16-5-6-17(2)20(15-16)29(24,25)28-19-9-7-18(8-10-19)21(23)22-11-4-12-27-14-13-26-3/h5-10,15H,4,11-14H2,1-3H3,(H,22,23). The molecule has 0 aliphatic heterocycles. The highest BCUT2D eigenvalue weighted by Gasteiger charge is 2.19. The minimum absolute atomic E-state index is 0.132. The van der Waals surface area contributed by atoms with Gasteiger partial charge in [0.25, 0.3) is 5.91 Å². The van der Waals surface area contributed by atoms with E-state index in [1.165, 1.54) is 24.3 Å².